The number of aromatic nitrogens is 4. The number of benzene rings is 5. The van der Waals surface area contributed by atoms with E-state index in [9.17, 15) is 0 Å². The van der Waals surface area contributed by atoms with Crippen molar-refractivity contribution in [2.75, 3.05) is 0 Å². The second-order valence-electron chi connectivity index (χ2n) is 14.8. The van der Waals surface area contributed by atoms with Gasteiger partial charge in [0.25, 0.3) is 0 Å². The van der Waals surface area contributed by atoms with Crippen LogP contribution in [0.3, 0.4) is 0 Å². The van der Waals surface area contributed by atoms with Gasteiger partial charge in [-0.25, -0.2) is 4.98 Å². The van der Waals surface area contributed by atoms with Crippen LogP contribution in [0.15, 0.2) is 115 Å². The summed E-state index contributed by atoms with van der Waals surface area (Å²) >= 11 is 0. The van der Waals surface area contributed by atoms with Crippen molar-refractivity contribution in [1.82, 2.24) is 19.5 Å². The summed E-state index contributed by atoms with van der Waals surface area (Å²) < 4.78 is 15.2. The van der Waals surface area contributed by atoms with Crippen molar-refractivity contribution in [3.05, 3.63) is 126 Å². The van der Waals surface area contributed by atoms with Gasteiger partial charge in [0, 0.05) is 27.3 Å². The van der Waals surface area contributed by atoms with Crippen LogP contribution in [0.25, 0.3) is 61.7 Å². The Hall–Kier alpha value is -5.11. The molecule has 2 aliphatic rings. The predicted molar refractivity (Wildman–Crippen MR) is 198 cm³/mol. The summed E-state index contributed by atoms with van der Waals surface area (Å²) in [5.41, 5.74) is 9.03. The van der Waals surface area contributed by atoms with Crippen molar-refractivity contribution < 1.29 is 9.31 Å². The third-order valence-corrected chi connectivity index (χ3v) is 10.9. The molecule has 0 amide bonds. The van der Waals surface area contributed by atoms with E-state index >= 15 is 0 Å². The molecule has 0 radical (unpaired) electrons. The fourth-order valence-electron chi connectivity index (χ4n) is 7.47. The molecule has 1 saturated heterocycles. The van der Waals surface area contributed by atoms with E-state index in [2.05, 4.69) is 101 Å². The molecular weight excluding hydrogens is 603 g/mol. The molecule has 1 fully saturated rings. The zero-order chi connectivity index (χ0) is 33.7. The molecule has 7 heteroatoms. The van der Waals surface area contributed by atoms with Gasteiger partial charge in [0.15, 0.2) is 11.6 Å². The first-order valence-electron chi connectivity index (χ1n) is 17.0. The predicted octanol–water partition coefficient (Wildman–Crippen LogP) is 8.91. The van der Waals surface area contributed by atoms with Crippen molar-refractivity contribution >= 4 is 34.4 Å². The van der Waals surface area contributed by atoms with Crippen molar-refractivity contribution in [2.45, 2.75) is 58.2 Å². The quantitative estimate of drug-likeness (QED) is 0.180. The average Bonchev–Trinajstić information content (AvgIpc) is 3.64. The molecule has 0 spiro atoms. The molecule has 2 aromatic heterocycles. The van der Waals surface area contributed by atoms with Gasteiger partial charge < -0.3 is 9.31 Å². The van der Waals surface area contributed by atoms with E-state index in [0.29, 0.717) is 17.6 Å². The fraction of sp³-hybridized carbons (Fsp3) is 0.214. The Kier molecular flexibility index (Phi) is 6.39. The second-order valence-corrected chi connectivity index (χ2v) is 14.8. The van der Waals surface area contributed by atoms with Crippen LogP contribution in [0.1, 0.15) is 52.7 Å². The Balaban J connectivity index is 1.34. The smallest absolute Gasteiger partial charge is 0.399 e. The van der Waals surface area contributed by atoms with Gasteiger partial charge in [-0.15, -0.1) is 0 Å². The lowest BCUT2D eigenvalue weighted by Gasteiger charge is -2.32. The normalized spacial score (nSPS) is 17.1. The van der Waals surface area contributed by atoms with Gasteiger partial charge in [-0.05, 0) is 73.6 Å². The highest BCUT2D eigenvalue weighted by molar-refractivity contribution is 6.62. The molecule has 1 aliphatic carbocycles. The van der Waals surface area contributed by atoms with Gasteiger partial charge in [-0.2, -0.15) is 9.97 Å². The van der Waals surface area contributed by atoms with E-state index in [1.54, 1.807) is 0 Å². The number of hydrogen-bond donors (Lipinski definition) is 0. The second kappa shape index (κ2) is 10.4. The van der Waals surface area contributed by atoms with Crippen LogP contribution in [0.5, 0.6) is 0 Å². The lowest BCUT2D eigenvalue weighted by molar-refractivity contribution is 0.00578. The molecule has 49 heavy (non-hydrogen) atoms. The van der Waals surface area contributed by atoms with Crippen LogP contribution in [0, 0.1) is 0 Å². The number of fused-ring (bicyclic) bond motifs is 6. The van der Waals surface area contributed by atoms with Crippen LogP contribution in [0.2, 0.25) is 0 Å². The maximum absolute atomic E-state index is 6.52. The van der Waals surface area contributed by atoms with E-state index in [-0.39, 0.29) is 5.41 Å². The van der Waals surface area contributed by atoms with Gasteiger partial charge in [-0.1, -0.05) is 111 Å². The third-order valence-electron chi connectivity index (χ3n) is 10.9. The SMILES string of the molecule is CC1(C)c2ccccc2-c2cc3c4cc(B5OC(C)(C)C(C)(C)O5)ccc4n(-c4nc(-c5ccccc5)nc(-c5ccccc5)n4)c3cc21. The highest BCUT2D eigenvalue weighted by Crippen LogP contribution is 2.51. The first kappa shape index (κ1) is 30.0. The monoisotopic (exact) mass is 640 g/mol. The Morgan fingerprint density at radius 1 is 0.531 bits per heavy atom. The van der Waals surface area contributed by atoms with Crippen LogP contribution < -0.4 is 5.46 Å². The molecule has 7 aromatic rings. The van der Waals surface area contributed by atoms with Gasteiger partial charge in [-0.3, -0.25) is 4.57 Å². The molecule has 0 unspecified atom stereocenters. The first-order valence-corrected chi connectivity index (χ1v) is 17.0. The molecule has 9 rings (SSSR count). The van der Waals surface area contributed by atoms with Crippen molar-refractivity contribution in [3.8, 4) is 39.9 Å². The molecule has 0 bridgehead atoms. The summed E-state index contributed by atoms with van der Waals surface area (Å²) in [5.74, 6) is 1.83. The fourth-order valence-corrected chi connectivity index (χ4v) is 7.47. The molecule has 3 heterocycles. The van der Waals surface area contributed by atoms with E-state index < -0.39 is 18.3 Å². The number of hydrogen-bond acceptors (Lipinski definition) is 5. The number of nitrogens with zero attached hydrogens (tertiary/aromatic N) is 4. The Bertz CT molecular complexity index is 2360. The molecular formula is C42H37BN4O2. The van der Waals surface area contributed by atoms with E-state index in [4.69, 9.17) is 24.3 Å². The highest BCUT2D eigenvalue weighted by atomic mass is 16.7. The van der Waals surface area contributed by atoms with E-state index in [1.165, 1.54) is 22.3 Å². The van der Waals surface area contributed by atoms with Crippen LogP contribution in [-0.2, 0) is 14.7 Å². The summed E-state index contributed by atoms with van der Waals surface area (Å²) in [7, 11) is -0.478. The van der Waals surface area contributed by atoms with Crippen molar-refractivity contribution in [3.63, 3.8) is 0 Å². The van der Waals surface area contributed by atoms with Gasteiger partial charge >= 0.3 is 7.12 Å². The molecule has 0 atom stereocenters. The lowest BCUT2D eigenvalue weighted by atomic mass is 9.78. The topological polar surface area (TPSA) is 62.1 Å². The largest absolute Gasteiger partial charge is 0.494 e. The summed E-state index contributed by atoms with van der Waals surface area (Å²) in [6.07, 6.45) is 0. The average molecular weight is 641 g/mol. The zero-order valence-electron chi connectivity index (χ0n) is 28.7. The molecule has 1 aliphatic heterocycles. The molecule has 0 N–H and O–H groups in total. The maximum Gasteiger partial charge on any atom is 0.494 e. The Labute approximate surface area is 286 Å². The van der Waals surface area contributed by atoms with Crippen LogP contribution in [0.4, 0.5) is 0 Å². The minimum atomic E-state index is -0.478. The minimum Gasteiger partial charge on any atom is -0.399 e. The van der Waals surface area contributed by atoms with Crippen LogP contribution in [-0.4, -0.2) is 37.8 Å². The first-order chi connectivity index (χ1) is 23.5. The summed E-state index contributed by atoms with van der Waals surface area (Å²) in [6.45, 7) is 13.0. The minimum absolute atomic E-state index is 0.168. The van der Waals surface area contributed by atoms with Crippen molar-refractivity contribution in [1.29, 1.82) is 0 Å². The van der Waals surface area contributed by atoms with E-state index in [1.807, 2.05) is 60.7 Å². The van der Waals surface area contributed by atoms with Crippen molar-refractivity contribution in [2.24, 2.45) is 0 Å². The van der Waals surface area contributed by atoms with Gasteiger partial charge in [0.1, 0.15) is 0 Å². The maximum atomic E-state index is 6.52. The van der Waals surface area contributed by atoms with Gasteiger partial charge in [0.2, 0.25) is 5.95 Å². The molecule has 6 nitrogen and oxygen atoms in total. The Morgan fingerprint density at radius 2 is 1.10 bits per heavy atom. The summed E-state index contributed by atoms with van der Waals surface area (Å²) in [4.78, 5) is 15.3. The Morgan fingerprint density at radius 3 is 1.73 bits per heavy atom. The third kappa shape index (κ3) is 4.53. The van der Waals surface area contributed by atoms with E-state index in [0.717, 1.165) is 38.4 Å². The summed E-state index contributed by atoms with van der Waals surface area (Å²) in [6, 6.07) is 40.3. The van der Waals surface area contributed by atoms with Crippen LogP contribution >= 0.6 is 0 Å². The van der Waals surface area contributed by atoms with Gasteiger partial charge in [0.05, 0.1) is 22.2 Å². The zero-order valence-corrected chi connectivity index (χ0v) is 28.7. The summed E-state index contributed by atoms with van der Waals surface area (Å²) in [5, 5.41) is 2.22. The molecule has 5 aromatic carbocycles. The number of rotatable bonds is 4. The molecule has 0 saturated carbocycles. The standard InChI is InChI=1S/C42H37BN4O2/c1-40(2)33-20-14-13-19-29(33)30-24-32-31-23-28(43-48-41(3,4)42(5,6)49-43)21-22-35(31)47(36(32)25-34(30)40)39-45-37(26-15-9-7-10-16-26)44-38(46-39)27-17-11-8-12-18-27/h7-25H,1-6H3. The lowest BCUT2D eigenvalue weighted by Crippen LogP contribution is -2.41. The molecule has 240 valence electrons. The highest BCUT2D eigenvalue weighted by Gasteiger charge is 2.51.